The van der Waals surface area contributed by atoms with E-state index in [1.807, 2.05) is 13.0 Å². The molecule has 0 aromatic heterocycles. The molecule has 1 amide bonds. The zero-order valence-electron chi connectivity index (χ0n) is 8.79. The van der Waals surface area contributed by atoms with Gasteiger partial charge >= 0.3 is 0 Å². The predicted octanol–water partition coefficient (Wildman–Crippen LogP) is 2.43. The van der Waals surface area contributed by atoms with Crippen molar-refractivity contribution in [1.29, 1.82) is 0 Å². The van der Waals surface area contributed by atoms with E-state index in [9.17, 15) is 9.59 Å². The molecular formula is C12H10BrNO2. The van der Waals surface area contributed by atoms with Gasteiger partial charge in [0.1, 0.15) is 0 Å². The second kappa shape index (κ2) is 3.87. The maximum atomic E-state index is 11.7. The third-order valence-electron chi connectivity index (χ3n) is 2.46. The van der Waals surface area contributed by atoms with Crippen LogP contribution in [0.1, 0.15) is 15.9 Å². The van der Waals surface area contributed by atoms with Gasteiger partial charge in [0.25, 0.3) is 11.7 Å². The number of ketones is 1. The summed E-state index contributed by atoms with van der Waals surface area (Å²) in [6.45, 7) is 5.89. The molecule has 1 aromatic carbocycles. The van der Waals surface area contributed by atoms with Crippen molar-refractivity contribution < 1.29 is 9.59 Å². The number of hydrogen-bond acceptors (Lipinski definition) is 2. The van der Waals surface area contributed by atoms with Crippen molar-refractivity contribution in [1.82, 2.24) is 0 Å². The number of carbonyl (C=O) groups is 2. The number of Topliss-reactive ketones (excluding diaryl/α,β-unsaturated/α-hetero) is 1. The largest absolute Gasteiger partial charge is 0.300 e. The lowest BCUT2D eigenvalue weighted by atomic mass is 10.1. The normalized spacial score (nSPS) is 14.2. The molecule has 0 fully saturated rings. The van der Waals surface area contributed by atoms with Crippen LogP contribution in [0.3, 0.4) is 0 Å². The first-order chi connectivity index (χ1) is 7.50. The summed E-state index contributed by atoms with van der Waals surface area (Å²) in [4.78, 5) is 24.9. The van der Waals surface area contributed by atoms with Crippen molar-refractivity contribution in [3.8, 4) is 0 Å². The number of fused-ring (bicyclic) bond motifs is 1. The number of aryl methyl sites for hydroxylation is 1. The van der Waals surface area contributed by atoms with Crippen LogP contribution in [0.2, 0.25) is 0 Å². The fraction of sp³-hybridized carbons (Fsp3) is 0.167. The minimum Gasteiger partial charge on any atom is -0.300 e. The topological polar surface area (TPSA) is 37.4 Å². The average Bonchev–Trinajstić information content (AvgIpc) is 2.43. The van der Waals surface area contributed by atoms with Gasteiger partial charge in [-0.05, 0) is 19.1 Å². The van der Waals surface area contributed by atoms with Crippen LogP contribution in [0.25, 0.3) is 0 Å². The van der Waals surface area contributed by atoms with Gasteiger partial charge in [0.05, 0.1) is 17.8 Å². The highest BCUT2D eigenvalue weighted by Gasteiger charge is 2.35. The maximum absolute atomic E-state index is 11.7. The van der Waals surface area contributed by atoms with Gasteiger partial charge in [-0.3, -0.25) is 14.5 Å². The van der Waals surface area contributed by atoms with E-state index in [0.717, 1.165) is 5.56 Å². The van der Waals surface area contributed by atoms with Crippen LogP contribution in [0.5, 0.6) is 0 Å². The Balaban J connectivity index is 2.50. The lowest BCUT2D eigenvalue weighted by molar-refractivity contribution is -0.114. The second-order valence-corrected chi connectivity index (χ2v) is 4.88. The second-order valence-electron chi connectivity index (χ2n) is 3.76. The van der Waals surface area contributed by atoms with Gasteiger partial charge in [-0.2, -0.15) is 0 Å². The number of hydrogen-bond donors (Lipinski definition) is 0. The van der Waals surface area contributed by atoms with Gasteiger partial charge in [0.15, 0.2) is 0 Å². The highest BCUT2D eigenvalue weighted by atomic mass is 79.9. The van der Waals surface area contributed by atoms with Crippen LogP contribution in [-0.2, 0) is 4.79 Å². The minimum absolute atomic E-state index is 0.320. The fourth-order valence-corrected chi connectivity index (χ4v) is 1.99. The summed E-state index contributed by atoms with van der Waals surface area (Å²) in [6, 6.07) is 5.42. The molecule has 0 radical (unpaired) electrons. The van der Waals surface area contributed by atoms with E-state index in [2.05, 4.69) is 22.5 Å². The molecule has 0 aliphatic carbocycles. The van der Waals surface area contributed by atoms with Gasteiger partial charge in [0.2, 0.25) is 0 Å². The van der Waals surface area contributed by atoms with Crippen LogP contribution in [0, 0.1) is 6.92 Å². The molecule has 0 spiro atoms. The first-order valence-electron chi connectivity index (χ1n) is 4.81. The van der Waals surface area contributed by atoms with Crippen LogP contribution < -0.4 is 4.90 Å². The zero-order valence-corrected chi connectivity index (χ0v) is 10.4. The molecule has 0 atom stereocenters. The Morgan fingerprint density at radius 2 is 2.12 bits per heavy atom. The van der Waals surface area contributed by atoms with Crippen LogP contribution in [0.15, 0.2) is 29.3 Å². The van der Waals surface area contributed by atoms with Crippen molar-refractivity contribution in [2.75, 3.05) is 11.4 Å². The first-order valence-corrected chi connectivity index (χ1v) is 5.60. The minimum atomic E-state index is -0.485. The Bertz CT molecular complexity index is 508. The van der Waals surface area contributed by atoms with Gasteiger partial charge in [-0.15, -0.1) is 0 Å². The number of amides is 1. The Morgan fingerprint density at radius 1 is 1.44 bits per heavy atom. The predicted molar refractivity (Wildman–Crippen MR) is 65.9 cm³/mol. The molecule has 1 heterocycles. The highest BCUT2D eigenvalue weighted by Crippen LogP contribution is 2.30. The van der Waals surface area contributed by atoms with Gasteiger partial charge in [-0.1, -0.05) is 34.1 Å². The lowest BCUT2D eigenvalue weighted by Crippen LogP contribution is -2.30. The van der Waals surface area contributed by atoms with Crippen LogP contribution in [-0.4, -0.2) is 18.2 Å². The summed E-state index contributed by atoms with van der Waals surface area (Å²) in [6.07, 6.45) is 0. The number of rotatable bonds is 2. The summed E-state index contributed by atoms with van der Waals surface area (Å²) in [7, 11) is 0. The summed E-state index contributed by atoms with van der Waals surface area (Å²) in [5.74, 6) is -0.923. The molecule has 0 bridgehead atoms. The molecule has 1 aromatic rings. The molecule has 4 heteroatoms. The van der Waals surface area contributed by atoms with E-state index in [-0.39, 0.29) is 0 Å². The molecule has 3 nitrogen and oxygen atoms in total. The Kier molecular flexibility index (Phi) is 2.68. The van der Waals surface area contributed by atoms with Gasteiger partial charge < -0.3 is 0 Å². The van der Waals surface area contributed by atoms with E-state index in [4.69, 9.17) is 0 Å². The molecule has 1 aliphatic rings. The molecule has 16 heavy (non-hydrogen) atoms. The van der Waals surface area contributed by atoms with Gasteiger partial charge in [-0.25, -0.2) is 0 Å². The molecule has 0 saturated carbocycles. The molecule has 2 rings (SSSR count). The molecular weight excluding hydrogens is 270 g/mol. The summed E-state index contributed by atoms with van der Waals surface area (Å²) in [5, 5.41) is 0. The number of anilines is 1. The van der Waals surface area contributed by atoms with E-state index in [1.54, 1.807) is 12.1 Å². The first kappa shape index (κ1) is 11.1. The standard InChI is InChI=1S/C12H10BrNO2/c1-7-3-4-10-9(5-7)11(15)12(16)14(10)6-8(2)13/h3-5H,2,6H2,1H3. The zero-order chi connectivity index (χ0) is 11.9. The monoisotopic (exact) mass is 279 g/mol. The number of halogens is 1. The van der Waals surface area contributed by atoms with E-state index in [1.165, 1.54) is 4.90 Å². The number of benzene rings is 1. The summed E-state index contributed by atoms with van der Waals surface area (Å²) in [5.41, 5.74) is 2.12. The molecule has 82 valence electrons. The van der Waals surface area contributed by atoms with E-state index >= 15 is 0 Å². The number of nitrogens with zero attached hydrogens (tertiary/aromatic N) is 1. The third kappa shape index (κ3) is 1.69. The number of carbonyl (C=O) groups excluding carboxylic acids is 2. The molecule has 0 N–H and O–H groups in total. The average molecular weight is 280 g/mol. The lowest BCUT2D eigenvalue weighted by Gasteiger charge is -2.15. The maximum Gasteiger partial charge on any atom is 0.299 e. The van der Waals surface area contributed by atoms with Crippen molar-refractivity contribution in [3.63, 3.8) is 0 Å². The third-order valence-corrected chi connectivity index (χ3v) is 2.71. The summed E-state index contributed by atoms with van der Waals surface area (Å²) < 4.78 is 0.669. The van der Waals surface area contributed by atoms with Crippen molar-refractivity contribution in [3.05, 3.63) is 40.4 Å². The Labute approximate surface area is 102 Å². The SMILES string of the molecule is C=C(Br)CN1C(=O)C(=O)c2cc(C)ccc21. The van der Waals surface area contributed by atoms with Crippen LogP contribution >= 0.6 is 15.9 Å². The highest BCUT2D eigenvalue weighted by molar-refractivity contribution is 9.11. The summed E-state index contributed by atoms with van der Waals surface area (Å²) >= 11 is 3.20. The van der Waals surface area contributed by atoms with Crippen molar-refractivity contribution in [2.24, 2.45) is 0 Å². The Hall–Kier alpha value is -1.42. The van der Waals surface area contributed by atoms with E-state index in [0.29, 0.717) is 22.3 Å². The molecule has 0 unspecified atom stereocenters. The molecule has 0 saturated heterocycles. The van der Waals surface area contributed by atoms with Crippen molar-refractivity contribution >= 4 is 33.3 Å². The van der Waals surface area contributed by atoms with Crippen molar-refractivity contribution in [2.45, 2.75) is 6.92 Å². The van der Waals surface area contributed by atoms with Crippen LogP contribution in [0.4, 0.5) is 5.69 Å². The quantitative estimate of drug-likeness (QED) is 0.780. The molecule has 1 aliphatic heterocycles. The van der Waals surface area contributed by atoms with Gasteiger partial charge in [0, 0.05) is 4.48 Å². The van der Waals surface area contributed by atoms with E-state index < -0.39 is 11.7 Å². The smallest absolute Gasteiger partial charge is 0.299 e. The Morgan fingerprint density at radius 3 is 2.75 bits per heavy atom. The fourth-order valence-electron chi connectivity index (χ4n) is 1.74.